The normalized spacial score (nSPS) is 9.00. The summed E-state index contributed by atoms with van der Waals surface area (Å²) in [6.45, 7) is 2.65. The summed E-state index contributed by atoms with van der Waals surface area (Å²) in [6, 6.07) is 16.1. The molecule has 0 aliphatic heterocycles. The zero-order chi connectivity index (χ0) is 12.5. The number of aromatic hydroxyl groups is 1. The molecular formula is C14H17NO2. The molecule has 0 aliphatic carbocycles. The fraction of sp³-hybridized carbons (Fsp3) is 0.143. The van der Waals surface area contributed by atoms with Gasteiger partial charge in [-0.3, -0.25) is 0 Å². The van der Waals surface area contributed by atoms with Gasteiger partial charge in [-0.25, -0.2) is 0 Å². The molecule has 0 unspecified atom stereocenters. The van der Waals surface area contributed by atoms with Crippen LogP contribution in [-0.4, -0.2) is 11.7 Å². The Kier molecular flexibility index (Phi) is 5.44. The van der Waals surface area contributed by atoms with Crippen molar-refractivity contribution in [2.45, 2.75) is 6.92 Å². The predicted molar refractivity (Wildman–Crippen MR) is 70.1 cm³/mol. The number of anilines is 1. The summed E-state index contributed by atoms with van der Waals surface area (Å²) in [6.07, 6.45) is 0. The van der Waals surface area contributed by atoms with Gasteiger partial charge in [0.05, 0.1) is 6.61 Å². The Balaban J connectivity index is 0.000000181. The number of hydrogen-bond acceptors (Lipinski definition) is 3. The van der Waals surface area contributed by atoms with Crippen LogP contribution in [0.15, 0.2) is 54.6 Å². The lowest BCUT2D eigenvalue weighted by Crippen LogP contribution is -1.91. The molecule has 0 fully saturated rings. The molecule has 17 heavy (non-hydrogen) atoms. The highest BCUT2D eigenvalue weighted by molar-refractivity contribution is 5.41. The topological polar surface area (TPSA) is 55.5 Å². The van der Waals surface area contributed by atoms with Crippen molar-refractivity contribution >= 4 is 5.69 Å². The van der Waals surface area contributed by atoms with E-state index in [2.05, 4.69) is 0 Å². The van der Waals surface area contributed by atoms with Crippen LogP contribution in [0.2, 0.25) is 0 Å². The van der Waals surface area contributed by atoms with Gasteiger partial charge < -0.3 is 15.6 Å². The SMILES string of the molecule is CCOc1ccc(N)cc1.Oc1ccccc1. The molecular weight excluding hydrogens is 214 g/mol. The number of ether oxygens (including phenoxy) is 1. The number of benzene rings is 2. The number of phenols is 1. The van der Waals surface area contributed by atoms with Gasteiger partial charge in [-0.1, -0.05) is 18.2 Å². The van der Waals surface area contributed by atoms with Gasteiger partial charge in [0.25, 0.3) is 0 Å². The molecule has 0 bridgehead atoms. The van der Waals surface area contributed by atoms with Crippen LogP contribution in [0.1, 0.15) is 6.92 Å². The third-order valence-corrected chi connectivity index (χ3v) is 1.95. The molecule has 90 valence electrons. The average molecular weight is 231 g/mol. The Morgan fingerprint density at radius 3 is 2.00 bits per heavy atom. The number of nitrogens with two attached hydrogens (primary N) is 1. The van der Waals surface area contributed by atoms with Crippen molar-refractivity contribution in [3.05, 3.63) is 54.6 Å². The van der Waals surface area contributed by atoms with Crippen LogP contribution in [0, 0.1) is 0 Å². The van der Waals surface area contributed by atoms with Gasteiger partial charge >= 0.3 is 0 Å². The van der Waals surface area contributed by atoms with Crippen molar-refractivity contribution in [1.82, 2.24) is 0 Å². The minimum Gasteiger partial charge on any atom is -0.508 e. The Labute approximate surface area is 101 Å². The lowest BCUT2D eigenvalue weighted by atomic mass is 10.3. The third-order valence-electron chi connectivity index (χ3n) is 1.95. The van der Waals surface area contributed by atoms with Gasteiger partial charge in [-0.2, -0.15) is 0 Å². The maximum atomic E-state index is 8.63. The maximum Gasteiger partial charge on any atom is 0.119 e. The number of rotatable bonds is 2. The van der Waals surface area contributed by atoms with Crippen LogP contribution in [-0.2, 0) is 0 Å². The van der Waals surface area contributed by atoms with Gasteiger partial charge in [-0.05, 0) is 43.3 Å². The van der Waals surface area contributed by atoms with E-state index >= 15 is 0 Å². The van der Waals surface area contributed by atoms with E-state index in [1.54, 1.807) is 24.3 Å². The summed E-state index contributed by atoms with van der Waals surface area (Å²) < 4.78 is 5.21. The Bertz CT molecular complexity index is 412. The van der Waals surface area contributed by atoms with E-state index in [9.17, 15) is 0 Å². The first-order chi connectivity index (χ1) is 8.22. The fourth-order valence-electron chi connectivity index (χ4n) is 1.16. The van der Waals surface area contributed by atoms with Crippen LogP contribution >= 0.6 is 0 Å². The van der Waals surface area contributed by atoms with E-state index < -0.39 is 0 Å². The summed E-state index contributed by atoms with van der Waals surface area (Å²) in [5, 5.41) is 8.63. The molecule has 0 saturated heterocycles. The molecule has 0 atom stereocenters. The van der Waals surface area contributed by atoms with Crippen molar-refractivity contribution in [2.24, 2.45) is 0 Å². The minimum atomic E-state index is 0.322. The largest absolute Gasteiger partial charge is 0.508 e. The van der Waals surface area contributed by atoms with E-state index in [-0.39, 0.29) is 0 Å². The molecule has 2 rings (SSSR count). The Morgan fingerprint density at radius 1 is 1.00 bits per heavy atom. The minimum absolute atomic E-state index is 0.322. The highest BCUT2D eigenvalue weighted by Crippen LogP contribution is 2.12. The van der Waals surface area contributed by atoms with Gasteiger partial charge in [0.2, 0.25) is 0 Å². The lowest BCUT2D eigenvalue weighted by molar-refractivity contribution is 0.340. The molecule has 0 radical (unpaired) electrons. The van der Waals surface area contributed by atoms with Gasteiger partial charge in [0.1, 0.15) is 11.5 Å². The molecule has 3 heteroatoms. The number of nitrogen functional groups attached to an aromatic ring is 1. The standard InChI is InChI=1S/C8H11NO.C6H6O/c1-2-10-8-5-3-7(9)4-6-8;7-6-4-2-1-3-5-6/h3-6H,2,9H2,1H3;1-5,7H. The molecule has 3 nitrogen and oxygen atoms in total. The van der Waals surface area contributed by atoms with E-state index in [1.165, 1.54) is 0 Å². The van der Waals surface area contributed by atoms with Crippen molar-refractivity contribution in [3.63, 3.8) is 0 Å². The first kappa shape index (κ1) is 12.9. The van der Waals surface area contributed by atoms with E-state index in [0.29, 0.717) is 12.4 Å². The van der Waals surface area contributed by atoms with E-state index in [1.807, 2.05) is 37.3 Å². The van der Waals surface area contributed by atoms with Crippen molar-refractivity contribution < 1.29 is 9.84 Å². The summed E-state index contributed by atoms with van der Waals surface area (Å²) in [5.74, 6) is 1.19. The summed E-state index contributed by atoms with van der Waals surface area (Å²) in [5.41, 5.74) is 6.23. The molecule has 0 heterocycles. The number of para-hydroxylation sites is 1. The van der Waals surface area contributed by atoms with Crippen molar-refractivity contribution in [3.8, 4) is 11.5 Å². The van der Waals surface area contributed by atoms with Crippen molar-refractivity contribution in [2.75, 3.05) is 12.3 Å². The van der Waals surface area contributed by atoms with Crippen LogP contribution in [0.5, 0.6) is 11.5 Å². The van der Waals surface area contributed by atoms with Crippen LogP contribution in [0.25, 0.3) is 0 Å². The molecule has 0 spiro atoms. The molecule has 3 N–H and O–H groups in total. The lowest BCUT2D eigenvalue weighted by Gasteiger charge is -2.01. The number of hydrogen-bond donors (Lipinski definition) is 2. The van der Waals surface area contributed by atoms with Crippen LogP contribution in [0.4, 0.5) is 5.69 Å². The quantitative estimate of drug-likeness (QED) is 0.781. The second-order valence-corrected chi connectivity index (χ2v) is 3.34. The maximum absolute atomic E-state index is 8.63. The van der Waals surface area contributed by atoms with E-state index in [0.717, 1.165) is 11.4 Å². The Morgan fingerprint density at radius 2 is 1.59 bits per heavy atom. The smallest absolute Gasteiger partial charge is 0.119 e. The summed E-state index contributed by atoms with van der Waals surface area (Å²) in [7, 11) is 0. The molecule has 2 aromatic carbocycles. The second kappa shape index (κ2) is 7.17. The zero-order valence-electron chi connectivity index (χ0n) is 9.84. The predicted octanol–water partition coefficient (Wildman–Crippen LogP) is 3.06. The summed E-state index contributed by atoms with van der Waals surface area (Å²) >= 11 is 0. The summed E-state index contributed by atoms with van der Waals surface area (Å²) in [4.78, 5) is 0. The molecule has 0 saturated carbocycles. The molecule has 0 amide bonds. The highest BCUT2D eigenvalue weighted by atomic mass is 16.5. The second-order valence-electron chi connectivity index (χ2n) is 3.34. The molecule has 2 aromatic rings. The molecule has 0 aromatic heterocycles. The van der Waals surface area contributed by atoms with Gasteiger partial charge in [-0.15, -0.1) is 0 Å². The van der Waals surface area contributed by atoms with E-state index in [4.69, 9.17) is 15.6 Å². The monoisotopic (exact) mass is 231 g/mol. The van der Waals surface area contributed by atoms with Crippen LogP contribution in [0.3, 0.4) is 0 Å². The first-order valence-corrected chi connectivity index (χ1v) is 5.44. The van der Waals surface area contributed by atoms with Crippen molar-refractivity contribution in [1.29, 1.82) is 0 Å². The fourth-order valence-corrected chi connectivity index (χ4v) is 1.16. The average Bonchev–Trinajstić information content (AvgIpc) is 2.34. The zero-order valence-corrected chi connectivity index (χ0v) is 9.84. The first-order valence-electron chi connectivity index (χ1n) is 5.44. The third kappa shape index (κ3) is 5.47. The molecule has 0 aliphatic rings. The van der Waals surface area contributed by atoms with Gasteiger partial charge in [0.15, 0.2) is 0 Å². The van der Waals surface area contributed by atoms with Crippen LogP contribution < -0.4 is 10.5 Å². The Hall–Kier alpha value is -2.16. The van der Waals surface area contributed by atoms with Gasteiger partial charge in [0, 0.05) is 5.69 Å². The highest BCUT2D eigenvalue weighted by Gasteiger charge is 1.88. The number of phenolic OH excluding ortho intramolecular Hbond substituents is 1.